The van der Waals surface area contributed by atoms with Gasteiger partial charge < -0.3 is 9.84 Å². The average molecular weight is 218 g/mol. The number of aliphatic hydroxyl groups is 1. The zero-order chi connectivity index (χ0) is 11.8. The molecular weight excluding hydrogens is 200 g/mol. The average Bonchev–Trinajstić information content (AvgIpc) is 2.27. The van der Waals surface area contributed by atoms with E-state index in [-0.39, 0.29) is 12.7 Å². The topological polar surface area (TPSA) is 29.5 Å². The fourth-order valence-electron chi connectivity index (χ4n) is 1.49. The number of benzene rings is 1. The zero-order valence-corrected chi connectivity index (χ0v) is 9.86. The predicted octanol–water partition coefficient (Wildman–Crippen LogP) is 2.60. The van der Waals surface area contributed by atoms with Crippen LogP contribution in [0.3, 0.4) is 0 Å². The Morgan fingerprint density at radius 3 is 2.94 bits per heavy atom. The molecule has 1 atom stereocenters. The van der Waals surface area contributed by atoms with Gasteiger partial charge in [0.1, 0.15) is 12.4 Å². The lowest BCUT2D eigenvalue weighted by molar-refractivity contribution is 0.210. The summed E-state index contributed by atoms with van der Waals surface area (Å²) in [6, 6.07) is 7.64. The van der Waals surface area contributed by atoms with Crippen LogP contribution in [0.25, 0.3) is 0 Å². The lowest BCUT2D eigenvalue weighted by Gasteiger charge is -2.13. The van der Waals surface area contributed by atoms with Crippen molar-refractivity contribution in [2.24, 2.45) is 0 Å². The van der Waals surface area contributed by atoms with E-state index < -0.39 is 0 Å². The van der Waals surface area contributed by atoms with Crippen LogP contribution in [0.5, 0.6) is 5.75 Å². The fraction of sp³-hybridized carbons (Fsp3) is 0.429. The molecule has 0 radical (unpaired) electrons. The van der Waals surface area contributed by atoms with Crippen molar-refractivity contribution >= 4 is 0 Å². The van der Waals surface area contributed by atoms with Crippen LogP contribution in [0.1, 0.15) is 32.3 Å². The van der Waals surface area contributed by atoms with Gasteiger partial charge in [-0.1, -0.05) is 31.3 Å². The van der Waals surface area contributed by atoms with E-state index in [9.17, 15) is 0 Å². The maximum atomic E-state index is 8.61. The van der Waals surface area contributed by atoms with Crippen molar-refractivity contribution in [1.82, 2.24) is 0 Å². The molecule has 0 saturated heterocycles. The van der Waals surface area contributed by atoms with Crippen molar-refractivity contribution in [1.29, 1.82) is 0 Å². The molecule has 0 bridgehead atoms. The Balaban J connectivity index is 2.67. The lowest BCUT2D eigenvalue weighted by atomic mass is 10.2. The maximum absolute atomic E-state index is 8.61. The van der Waals surface area contributed by atoms with E-state index in [1.54, 1.807) is 0 Å². The van der Waals surface area contributed by atoms with Crippen molar-refractivity contribution in [2.75, 3.05) is 6.61 Å². The van der Waals surface area contributed by atoms with Crippen LogP contribution in [0.4, 0.5) is 0 Å². The van der Waals surface area contributed by atoms with Crippen LogP contribution in [-0.4, -0.2) is 17.8 Å². The second kappa shape index (κ2) is 6.92. The Kier molecular flexibility index (Phi) is 5.45. The van der Waals surface area contributed by atoms with Gasteiger partial charge in [-0.2, -0.15) is 0 Å². The van der Waals surface area contributed by atoms with E-state index in [1.165, 1.54) is 0 Å². The maximum Gasteiger partial charge on any atom is 0.120 e. The Morgan fingerprint density at radius 2 is 2.25 bits per heavy atom. The molecule has 1 rings (SSSR count). The lowest BCUT2D eigenvalue weighted by Crippen LogP contribution is -2.10. The van der Waals surface area contributed by atoms with E-state index in [1.807, 2.05) is 24.3 Å². The number of rotatable bonds is 4. The van der Waals surface area contributed by atoms with Crippen molar-refractivity contribution in [3.05, 3.63) is 29.8 Å². The molecule has 0 spiro atoms. The summed E-state index contributed by atoms with van der Waals surface area (Å²) < 4.78 is 5.75. The monoisotopic (exact) mass is 218 g/mol. The van der Waals surface area contributed by atoms with Gasteiger partial charge in [-0.25, -0.2) is 0 Å². The first-order valence-electron chi connectivity index (χ1n) is 5.62. The van der Waals surface area contributed by atoms with Crippen LogP contribution >= 0.6 is 0 Å². The first kappa shape index (κ1) is 12.6. The first-order chi connectivity index (χ1) is 7.76. The molecule has 2 heteroatoms. The molecule has 0 aliphatic carbocycles. The minimum Gasteiger partial charge on any atom is -0.491 e. The van der Waals surface area contributed by atoms with Crippen molar-refractivity contribution in [2.45, 2.75) is 32.8 Å². The van der Waals surface area contributed by atoms with E-state index in [0.29, 0.717) is 0 Å². The molecule has 1 aromatic rings. The first-order valence-corrected chi connectivity index (χ1v) is 5.62. The summed E-state index contributed by atoms with van der Waals surface area (Å²) in [5.74, 6) is 6.32. The molecular formula is C14H18O2. The minimum atomic E-state index is -0.114. The second-order valence-electron chi connectivity index (χ2n) is 3.70. The van der Waals surface area contributed by atoms with Gasteiger partial charge in [0.05, 0.1) is 6.10 Å². The molecule has 86 valence electrons. The molecule has 0 amide bonds. The third-order valence-corrected chi connectivity index (χ3v) is 2.18. The highest BCUT2D eigenvalue weighted by atomic mass is 16.5. The normalized spacial score (nSPS) is 11.4. The minimum absolute atomic E-state index is 0.114. The summed E-state index contributed by atoms with van der Waals surface area (Å²) in [7, 11) is 0. The van der Waals surface area contributed by atoms with Crippen molar-refractivity contribution < 1.29 is 9.84 Å². The highest BCUT2D eigenvalue weighted by molar-refractivity contribution is 5.39. The number of ether oxygens (including phenoxy) is 1. The summed E-state index contributed by atoms with van der Waals surface area (Å²) in [4.78, 5) is 0. The zero-order valence-electron chi connectivity index (χ0n) is 9.86. The van der Waals surface area contributed by atoms with Crippen molar-refractivity contribution in [3.63, 3.8) is 0 Å². The molecule has 0 aliphatic rings. The molecule has 0 aliphatic heterocycles. The Morgan fingerprint density at radius 1 is 1.44 bits per heavy atom. The molecule has 2 nitrogen and oxygen atoms in total. The van der Waals surface area contributed by atoms with Gasteiger partial charge in [-0.05, 0) is 31.5 Å². The highest BCUT2D eigenvalue weighted by Gasteiger charge is 2.02. The Bertz CT molecular complexity index is 374. The van der Waals surface area contributed by atoms with Gasteiger partial charge in [-0.3, -0.25) is 0 Å². The van der Waals surface area contributed by atoms with E-state index in [2.05, 4.69) is 25.7 Å². The van der Waals surface area contributed by atoms with Gasteiger partial charge >= 0.3 is 0 Å². The number of aliphatic hydroxyl groups excluding tert-OH is 1. The molecule has 16 heavy (non-hydrogen) atoms. The molecule has 1 aromatic carbocycles. The predicted molar refractivity (Wildman–Crippen MR) is 65.4 cm³/mol. The van der Waals surface area contributed by atoms with Gasteiger partial charge in [0.2, 0.25) is 0 Å². The van der Waals surface area contributed by atoms with Crippen LogP contribution < -0.4 is 4.74 Å². The Hall–Kier alpha value is -1.46. The van der Waals surface area contributed by atoms with Gasteiger partial charge in [0.25, 0.3) is 0 Å². The summed E-state index contributed by atoms with van der Waals surface area (Å²) in [6.45, 7) is 4.09. The third-order valence-electron chi connectivity index (χ3n) is 2.18. The van der Waals surface area contributed by atoms with Crippen LogP contribution in [0.15, 0.2) is 24.3 Å². The van der Waals surface area contributed by atoms with Gasteiger partial charge in [0.15, 0.2) is 0 Å². The van der Waals surface area contributed by atoms with Crippen LogP contribution in [0.2, 0.25) is 0 Å². The molecule has 0 saturated carbocycles. The van der Waals surface area contributed by atoms with Gasteiger partial charge in [-0.15, -0.1) is 0 Å². The summed E-state index contributed by atoms with van der Waals surface area (Å²) >= 11 is 0. The van der Waals surface area contributed by atoms with Gasteiger partial charge in [0, 0.05) is 5.56 Å². The Labute approximate surface area is 97.3 Å². The number of hydrogen-bond donors (Lipinski definition) is 1. The third kappa shape index (κ3) is 4.37. The van der Waals surface area contributed by atoms with Crippen LogP contribution in [-0.2, 0) is 0 Å². The standard InChI is InChI=1S/C14H18O2/c1-3-6-12(2)16-14-9-4-7-13(11-14)8-5-10-15/h4,7,9,11-12,15H,3,6,10H2,1-2H3. The quantitative estimate of drug-likeness (QED) is 0.787. The summed E-state index contributed by atoms with van der Waals surface area (Å²) in [6.07, 6.45) is 2.39. The van der Waals surface area contributed by atoms with Crippen molar-refractivity contribution in [3.8, 4) is 17.6 Å². The van der Waals surface area contributed by atoms with E-state index in [4.69, 9.17) is 9.84 Å². The molecule has 0 aromatic heterocycles. The summed E-state index contributed by atoms with van der Waals surface area (Å²) in [5.41, 5.74) is 0.871. The number of hydrogen-bond acceptors (Lipinski definition) is 2. The largest absolute Gasteiger partial charge is 0.491 e. The molecule has 0 fully saturated rings. The fourth-order valence-corrected chi connectivity index (χ4v) is 1.49. The van der Waals surface area contributed by atoms with Crippen LogP contribution in [0, 0.1) is 11.8 Å². The smallest absolute Gasteiger partial charge is 0.120 e. The molecule has 1 N–H and O–H groups in total. The second-order valence-corrected chi connectivity index (χ2v) is 3.70. The van der Waals surface area contributed by atoms with E-state index >= 15 is 0 Å². The SMILES string of the molecule is CCCC(C)Oc1cccc(C#CCO)c1. The molecule has 0 heterocycles. The summed E-state index contributed by atoms with van der Waals surface area (Å²) in [5, 5.41) is 8.61. The van der Waals surface area contributed by atoms with E-state index in [0.717, 1.165) is 24.2 Å². The molecule has 1 unspecified atom stereocenters. The highest BCUT2D eigenvalue weighted by Crippen LogP contribution is 2.15.